The Bertz CT molecular complexity index is 986. The lowest BCUT2D eigenvalue weighted by Crippen LogP contribution is -2.63. The molecule has 5 nitrogen and oxygen atoms in total. The molecule has 0 aromatic heterocycles. The van der Waals surface area contributed by atoms with Crippen LogP contribution in [0.3, 0.4) is 0 Å². The number of rotatable bonds is 4. The van der Waals surface area contributed by atoms with Crippen LogP contribution in [0.25, 0.3) is 0 Å². The second-order valence-electron chi connectivity index (χ2n) is 10.1. The number of amides is 1. The molecule has 0 radical (unpaired) electrons. The number of likely N-dealkylation sites (tertiary alicyclic amines) is 1. The van der Waals surface area contributed by atoms with Crippen LogP contribution in [0.5, 0.6) is 0 Å². The van der Waals surface area contributed by atoms with E-state index in [0.717, 1.165) is 38.0 Å². The standard InChI is InChI=1S/C27H34N4O.2C2H6/c1-25(2)27(15-18-29(19-16-27)24(32)23-13-9-6-10-14-23)31(21-22-11-7-5-8-12-22)26(3,4)30(25)20-17-28;2*1-2/h5-14H,15-16,18-21H2,1-4H3;2*1-2H3. The van der Waals surface area contributed by atoms with E-state index >= 15 is 0 Å². The van der Waals surface area contributed by atoms with E-state index < -0.39 is 0 Å². The maximum Gasteiger partial charge on any atom is 0.253 e. The molecule has 2 heterocycles. The van der Waals surface area contributed by atoms with Gasteiger partial charge in [-0.3, -0.25) is 14.6 Å². The van der Waals surface area contributed by atoms with Crippen molar-refractivity contribution >= 4 is 5.91 Å². The van der Waals surface area contributed by atoms with E-state index in [2.05, 4.69) is 67.8 Å². The summed E-state index contributed by atoms with van der Waals surface area (Å²) in [5.41, 5.74) is 1.42. The first-order valence-corrected chi connectivity index (χ1v) is 13.5. The number of hydrogen-bond donors (Lipinski definition) is 0. The molecule has 0 atom stereocenters. The molecule has 0 bridgehead atoms. The zero-order valence-electron chi connectivity index (χ0n) is 23.7. The predicted molar refractivity (Wildman–Crippen MR) is 149 cm³/mol. The van der Waals surface area contributed by atoms with Gasteiger partial charge in [-0.2, -0.15) is 5.26 Å². The number of benzene rings is 2. The van der Waals surface area contributed by atoms with Crippen molar-refractivity contribution in [3.63, 3.8) is 0 Å². The first kappa shape index (κ1) is 29.5. The van der Waals surface area contributed by atoms with Gasteiger partial charge in [0.2, 0.25) is 0 Å². The second kappa shape index (κ2) is 12.5. The molecule has 1 spiro atoms. The Hall–Kier alpha value is -2.68. The summed E-state index contributed by atoms with van der Waals surface area (Å²) in [4.78, 5) is 20.1. The highest BCUT2D eigenvalue weighted by molar-refractivity contribution is 5.94. The quantitative estimate of drug-likeness (QED) is 0.455. The Morgan fingerprint density at radius 3 is 1.83 bits per heavy atom. The molecular weight excluding hydrogens is 444 g/mol. The maximum absolute atomic E-state index is 13.1. The topological polar surface area (TPSA) is 50.6 Å². The van der Waals surface area contributed by atoms with Crippen molar-refractivity contribution in [3.8, 4) is 6.07 Å². The van der Waals surface area contributed by atoms with Crippen LogP contribution in [0.1, 0.15) is 84.2 Å². The summed E-state index contributed by atoms with van der Waals surface area (Å²) >= 11 is 0. The molecular formula is C31H46N4O. The minimum atomic E-state index is -0.277. The summed E-state index contributed by atoms with van der Waals surface area (Å²) in [5, 5.41) is 9.63. The van der Waals surface area contributed by atoms with Gasteiger partial charge >= 0.3 is 0 Å². The van der Waals surface area contributed by atoms with Gasteiger partial charge in [0.05, 0.1) is 18.3 Å². The van der Waals surface area contributed by atoms with Gasteiger partial charge in [-0.25, -0.2) is 0 Å². The molecule has 2 fully saturated rings. The lowest BCUT2D eigenvalue weighted by atomic mass is 9.72. The van der Waals surface area contributed by atoms with Crippen molar-refractivity contribution in [1.82, 2.24) is 14.7 Å². The van der Waals surface area contributed by atoms with Crippen LogP contribution in [-0.2, 0) is 6.54 Å². The zero-order valence-corrected chi connectivity index (χ0v) is 23.7. The molecule has 196 valence electrons. The summed E-state index contributed by atoms with van der Waals surface area (Å²) in [6.45, 7) is 19.7. The highest BCUT2D eigenvalue weighted by Gasteiger charge is 2.65. The van der Waals surface area contributed by atoms with E-state index in [0.29, 0.717) is 6.54 Å². The molecule has 2 saturated heterocycles. The number of nitriles is 1. The van der Waals surface area contributed by atoms with Gasteiger partial charge in [0, 0.05) is 36.3 Å². The fourth-order valence-corrected chi connectivity index (χ4v) is 6.23. The van der Waals surface area contributed by atoms with Crippen LogP contribution in [0.2, 0.25) is 0 Å². The molecule has 36 heavy (non-hydrogen) atoms. The monoisotopic (exact) mass is 490 g/mol. The van der Waals surface area contributed by atoms with Crippen LogP contribution >= 0.6 is 0 Å². The average Bonchev–Trinajstić information content (AvgIpc) is 3.03. The molecule has 5 heteroatoms. The lowest BCUT2D eigenvalue weighted by molar-refractivity contribution is -0.0198. The van der Waals surface area contributed by atoms with E-state index in [1.165, 1.54) is 5.56 Å². The molecule has 0 aliphatic carbocycles. The van der Waals surface area contributed by atoms with Crippen molar-refractivity contribution in [3.05, 3.63) is 71.8 Å². The Kier molecular flexibility index (Phi) is 10.3. The zero-order chi connectivity index (χ0) is 27.0. The van der Waals surface area contributed by atoms with Crippen molar-refractivity contribution < 1.29 is 4.79 Å². The largest absolute Gasteiger partial charge is 0.339 e. The van der Waals surface area contributed by atoms with Gasteiger partial charge in [0.1, 0.15) is 0 Å². The SMILES string of the molecule is CC.CC.CC1(C)N(CC#N)C(C)(C)C2(CCN(C(=O)c3ccccc3)CC2)N1Cc1ccccc1. The average molecular weight is 491 g/mol. The number of hydrogen-bond acceptors (Lipinski definition) is 4. The molecule has 1 amide bonds. The highest BCUT2D eigenvalue weighted by atomic mass is 16.2. The third kappa shape index (κ3) is 5.36. The third-order valence-electron chi connectivity index (χ3n) is 7.96. The van der Waals surface area contributed by atoms with Crippen molar-refractivity contribution in [2.24, 2.45) is 0 Å². The molecule has 0 N–H and O–H groups in total. The molecule has 4 rings (SSSR count). The van der Waals surface area contributed by atoms with Crippen LogP contribution in [0, 0.1) is 11.3 Å². The van der Waals surface area contributed by atoms with Crippen molar-refractivity contribution in [2.75, 3.05) is 19.6 Å². The van der Waals surface area contributed by atoms with E-state index in [4.69, 9.17) is 0 Å². The summed E-state index contributed by atoms with van der Waals surface area (Å²) in [6, 6.07) is 22.6. The van der Waals surface area contributed by atoms with Crippen LogP contribution in [0.15, 0.2) is 60.7 Å². The Labute approximate surface area is 219 Å². The molecule has 2 aromatic carbocycles. The fourth-order valence-electron chi connectivity index (χ4n) is 6.23. The third-order valence-corrected chi connectivity index (χ3v) is 7.96. The lowest BCUT2D eigenvalue weighted by Gasteiger charge is -2.52. The van der Waals surface area contributed by atoms with E-state index in [9.17, 15) is 10.1 Å². The minimum Gasteiger partial charge on any atom is -0.339 e. The number of nitrogens with zero attached hydrogens (tertiary/aromatic N) is 4. The first-order valence-electron chi connectivity index (χ1n) is 13.5. The summed E-state index contributed by atoms with van der Waals surface area (Å²) < 4.78 is 0. The summed E-state index contributed by atoms with van der Waals surface area (Å²) in [7, 11) is 0. The van der Waals surface area contributed by atoms with Crippen LogP contribution < -0.4 is 0 Å². The van der Waals surface area contributed by atoms with Crippen LogP contribution in [-0.4, -0.2) is 57.0 Å². The van der Waals surface area contributed by atoms with E-state index in [-0.39, 0.29) is 22.6 Å². The van der Waals surface area contributed by atoms with Crippen LogP contribution in [0.4, 0.5) is 0 Å². The summed E-state index contributed by atoms with van der Waals surface area (Å²) in [5.74, 6) is 0.110. The Balaban J connectivity index is 0.00000109. The minimum absolute atomic E-state index is 0.110. The van der Waals surface area contributed by atoms with Gasteiger partial charge in [-0.1, -0.05) is 76.2 Å². The summed E-state index contributed by atoms with van der Waals surface area (Å²) in [6.07, 6.45) is 1.77. The normalized spacial score (nSPS) is 19.9. The second-order valence-corrected chi connectivity index (χ2v) is 10.1. The van der Waals surface area contributed by atoms with E-state index in [1.807, 2.05) is 69.0 Å². The number of piperidine rings is 1. The fraction of sp³-hybridized carbons (Fsp3) is 0.548. The molecule has 0 saturated carbocycles. The molecule has 2 aliphatic heterocycles. The van der Waals surface area contributed by atoms with Crippen molar-refractivity contribution in [1.29, 1.82) is 5.26 Å². The maximum atomic E-state index is 13.1. The first-order chi connectivity index (χ1) is 17.2. The molecule has 2 aliphatic rings. The van der Waals surface area contributed by atoms with Gasteiger partial charge in [0.15, 0.2) is 0 Å². The van der Waals surface area contributed by atoms with E-state index in [1.54, 1.807) is 0 Å². The highest BCUT2D eigenvalue weighted by Crippen LogP contribution is 2.54. The molecule has 0 unspecified atom stereocenters. The van der Waals surface area contributed by atoms with Gasteiger partial charge < -0.3 is 4.90 Å². The smallest absolute Gasteiger partial charge is 0.253 e. The Morgan fingerprint density at radius 2 is 1.33 bits per heavy atom. The van der Waals surface area contributed by atoms with Gasteiger partial charge in [-0.05, 0) is 58.2 Å². The van der Waals surface area contributed by atoms with Gasteiger partial charge in [-0.15, -0.1) is 0 Å². The van der Waals surface area contributed by atoms with Gasteiger partial charge in [0.25, 0.3) is 5.91 Å². The number of carbonyl (C=O) groups excluding carboxylic acids is 1. The van der Waals surface area contributed by atoms with Crippen molar-refractivity contribution in [2.45, 2.75) is 91.5 Å². The number of carbonyl (C=O) groups is 1. The molecule has 2 aromatic rings. The predicted octanol–water partition coefficient (Wildman–Crippen LogP) is 6.57. The Morgan fingerprint density at radius 1 is 0.833 bits per heavy atom.